The molecule has 3 heterocycles. The molecule has 3 aromatic rings. The van der Waals surface area contributed by atoms with Crippen LogP contribution >= 0.6 is 27.3 Å². The minimum absolute atomic E-state index is 0.0128. The first-order chi connectivity index (χ1) is 12.7. The number of anilines is 1. The van der Waals surface area contributed by atoms with Crippen molar-refractivity contribution in [1.82, 2.24) is 14.9 Å². The van der Waals surface area contributed by atoms with Gasteiger partial charge < -0.3 is 14.5 Å². The molecule has 0 N–H and O–H groups in total. The van der Waals surface area contributed by atoms with E-state index in [4.69, 9.17) is 4.74 Å². The van der Waals surface area contributed by atoms with E-state index in [1.165, 1.54) is 0 Å². The molecule has 2 aromatic heterocycles. The number of carbonyl (C=O) groups is 1. The van der Waals surface area contributed by atoms with E-state index in [-0.39, 0.29) is 5.91 Å². The first-order valence-electron chi connectivity index (χ1n) is 8.23. The number of ether oxygens (including phenoxy) is 1. The largest absolute Gasteiger partial charge is 0.497 e. The molecule has 0 bridgehead atoms. The molecule has 1 aliphatic heterocycles. The highest BCUT2D eigenvalue weighted by molar-refractivity contribution is 9.10. The number of benzene rings is 1. The number of rotatable bonds is 3. The van der Waals surface area contributed by atoms with Gasteiger partial charge in [-0.3, -0.25) is 4.79 Å². The van der Waals surface area contributed by atoms with E-state index in [0.717, 1.165) is 33.6 Å². The molecule has 0 unspecified atom stereocenters. The molecule has 0 aliphatic carbocycles. The van der Waals surface area contributed by atoms with Gasteiger partial charge >= 0.3 is 0 Å². The van der Waals surface area contributed by atoms with E-state index in [0.29, 0.717) is 24.4 Å². The predicted octanol–water partition coefficient (Wildman–Crippen LogP) is 3.42. The van der Waals surface area contributed by atoms with E-state index in [2.05, 4.69) is 36.9 Å². The first-order valence-corrected chi connectivity index (χ1v) is 9.90. The van der Waals surface area contributed by atoms with Crippen LogP contribution in [0.3, 0.4) is 0 Å². The van der Waals surface area contributed by atoms with Gasteiger partial charge in [0.05, 0.1) is 18.1 Å². The van der Waals surface area contributed by atoms with E-state index in [1.807, 2.05) is 22.4 Å². The summed E-state index contributed by atoms with van der Waals surface area (Å²) in [5.41, 5.74) is 0.625. The Hall–Kier alpha value is -2.19. The molecular weight excluding hydrogens is 416 g/mol. The molecule has 1 amide bonds. The highest BCUT2D eigenvalue weighted by Crippen LogP contribution is 2.28. The van der Waals surface area contributed by atoms with Gasteiger partial charge in [0.1, 0.15) is 22.7 Å². The van der Waals surface area contributed by atoms with Crippen LogP contribution in [0.5, 0.6) is 5.75 Å². The van der Waals surface area contributed by atoms with Crippen molar-refractivity contribution < 1.29 is 9.53 Å². The van der Waals surface area contributed by atoms with Crippen LogP contribution < -0.4 is 9.64 Å². The summed E-state index contributed by atoms with van der Waals surface area (Å²) in [6, 6.07) is 7.51. The number of amides is 1. The Balaban J connectivity index is 1.50. The van der Waals surface area contributed by atoms with Gasteiger partial charge in [-0.25, -0.2) is 9.97 Å². The number of aromatic nitrogens is 2. The minimum atomic E-state index is 0.0128. The lowest BCUT2D eigenvalue weighted by atomic mass is 10.1. The van der Waals surface area contributed by atoms with Crippen molar-refractivity contribution in [2.24, 2.45) is 0 Å². The number of carbonyl (C=O) groups excluding carboxylic acids is 1. The second-order valence-electron chi connectivity index (χ2n) is 5.96. The smallest absolute Gasteiger partial charge is 0.255 e. The maximum atomic E-state index is 12.9. The average molecular weight is 433 g/mol. The van der Waals surface area contributed by atoms with Gasteiger partial charge in [0.2, 0.25) is 0 Å². The highest BCUT2D eigenvalue weighted by atomic mass is 79.9. The van der Waals surface area contributed by atoms with Crippen molar-refractivity contribution in [3.63, 3.8) is 0 Å². The average Bonchev–Trinajstić information content (AvgIpc) is 3.17. The van der Waals surface area contributed by atoms with Crippen LogP contribution in [0.25, 0.3) is 10.2 Å². The molecule has 6 nitrogen and oxygen atoms in total. The van der Waals surface area contributed by atoms with Gasteiger partial charge in [0, 0.05) is 30.7 Å². The maximum absolute atomic E-state index is 12.9. The third-order valence-electron chi connectivity index (χ3n) is 4.51. The molecule has 0 spiro atoms. The number of nitrogens with zero attached hydrogens (tertiary/aromatic N) is 4. The monoisotopic (exact) mass is 432 g/mol. The summed E-state index contributed by atoms with van der Waals surface area (Å²) in [5.74, 6) is 1.64. The lowest BCUT2D eigenvalue weighted by Gasteiger charge is -2.35. The Morgan fingerprint density at radius 1 is 1.19 bits per heavy atom. The molecule has 134 valence electrons. The number of halogens is 1. The van der Waals surface area contributed by atoms with Crippen LogP contribution in [0.15, 0.2) is 40.4 Å². The summed E-state index contributed by atoms with van der Waals surface area (Å²) in [6.45, 7) is 2.79. The van der Waals surface area contributed by atoms with E-state index in [1.54, 1.807) is 30.8 Å². The highest BCUT2D eigenvalue weighted by Gasteiger charge is 2.25. The number of fused-ring (bicyclic) bond motifs is 1. The van der Waals surface area contributed by atoms with Crippen molar-refractivity contribution in [2.45, 2.75) is 0 Å². The lowest BCUT2D eigenvalue weighted by molar-refractivity contribution is 0.0745. The summed E-state index contributed by atoms with van der Waals surface area (Å²) >= 11 is 5.08. The van der Waals surface area contributed by atoms with Crippen molar-refractivity contribution >= 4 is 49.2 Å². The maximum Gasteiger partial charge on any atom is 0.255 e. The number of thiophene rings is 1. The van der Waals surface area contributed by atoms with E-state index < -0.39 is 0 Å². The minimum Gasteiger partial charge on any atom is -0.497 e. The standard InChI is InChI=1S/C18H17BrN4O2S/c1-25-12-2-3-15(19)14(10-12)18(24)23-7-5-22(6-8-23)16-13-4-9-26-17(13)21-11-20-16/h2-4,9-11H,5-8H2,1H3. The van der Waals surface area contributed by atoms with Crippen LogP contribution in [-0.4, -0.2) is 54.1 Å². The molecule has 8 heteroatoms. The van der Waals surface area contributed by atoms with Gasteiger partial charge in [-0.15, -0.1) is 11.3 Å². The molecular formula is C18H17BrN4O2S. The van der Waals surface area contributed by atoms with E-state index in [9.17, 15) is 4.79 Å². The number of methoxy groups -OCH3 is 1. The fraction of sp³-hybridized carbons (Fsp3) is 0.278. The van der Waals surface area contributed by atoms with Gasteiger partial charge in [-0.05, 0) is 45.6 Å². The van der Waals surface area contributed by atoms with Crippen LogP contribution in [-0.2, 0) is 0 Å². The molecule has 1 aliphatic rings. The van der Waals surface area contributed by atoms with Crippen molar-refractivity contribution in [3.8, 4) is 5.75 Å². The van der Waals surface area contributed by atoms with Gasteiger partial charge in [0.15, 0.2) is 0 Å². The summed E-state index contributed by atoms with van der Waals surface area (Å²) in [4.78, 5) is 26.8. The quantitative estimate of drug-likeness (QED) is 0.634. The Kier molecular flexibility index (Phi) is 4.78. The zero-order valence-corrected chi connectivity index (χ0v) is 16.6. The second-order valence-corrected chi connectivity index (χ2v) is 7.71. The zero-order chi connectivity index (χ0) is 18.1. The molecule has 0 atom stereocenters. The SMILES string of the molecule is COc1ccc(Br)c(C(=O)N2CCN(c3ncnc4sccc34)CC2)c1. The van der Waals surface area contributed by atoms with Gasteiger partial charge in [-0.2, -0.15) is 0 Å². The Bertz CT molecular complexity index is 953. The molecule has 0 saturated carbocycles. The van der Waals surface area contributed by atoms with Gasteiger partial charge in [0.25, 0.3) is 5.91 Å². The first kappa shape index (κ1) is 17.2. The predicted molar refractivity (Wildman–Crippen MR) is 106 cm³/mol. The van der Waals surface area contributed by atoms with Crippen LogP contribution in [0.2, 0.25) is 0 Å². The molecule has 1 saturated heterocycles. The van der Waals surface area contributed by atoms with E-state index >= 15 is 0 Å². The van der Waals surface area contributed by atoms with Crippen LogP contribution in [0.1, 0.15) is 10.4 Å². The fourth-order valence-corrected chi connectivity index (χ4v) is 4.26. The Morgan fingerprint density at radius 2 is 2.00 bits per heavy atom. The third-order valence-corrected chi connectivity index (χ3v) is 6.02. The molecule has 4 rings (SSSR count). The molecule has 26 heavy (non-hydrogen) atoms. The van der Waals surface area contributed by atoms with Crippen LogP contribution in [0.4, 0.5) is 5.82 Å². The van der Waals surface area contributed by atoms with Crippen molar-refractivity contribution in [2.75, 3.05) is 38.2 Å². The lowest BCUT2D eigenvalue weighted by Crippen LogP contribution is -2.49. The van der Waals surface area contributed by atoms with Crippen LogP contribution in [0, 0.1) is 0 Å². The molecule has 1 aromatic carbocycles. The Labute approximate surface area is 163 Å². The molecule has 0 radical (unpaired) electrons. The van der Waals surface area contributed by atoms with Crippen molar-refractivity contribution in [3.05, 3.63) is 46.0 Å². The topological polar surface area (TPSA) is 58.6 Å². The number of hydrogen-bond donors (Lipinski definition) is 0. The summed E-state index contributed by atoms with van der Waals surface area (Å²) < 4.78 is 6.02. The molecule has 1 fully saturated rings. The number of piperazine rings is 1. The zero-order valence-electron chi connectivity index (χ0n) is 14.2. The Morgan fingerprint density at radius 3 is 2.77 bits per heavy atom. The summed E-state index contributed by atoms with van der Waals surface area (Å²) in [6.07, 6.45) is 1.61. The summed E-state index contributed by atoms with van der Waals surface area (Å²) in [5, 5.41) is 3.11. The second kappa shape index (κ2) is 7.20. The normalized spacial score (nSPS) is 14.7. The summed E-state index contributed by atoms with van der Waals surface area (Å²) in [7, 11) is 1.60. The number of hydrogen-bond acceptors (Lipinski definition) is 6. The van der Waals surface area contributed by atoms with Gasteiger partial charge in [-0.1, -0.05) is 0 Å². The van der Waals surface area contributed by atoms with Crippen molar-refractivity contribution in [1.29, 1.82) is 0 Å². The third kappa shape index (κ3) is 3.14. The fourth-order valence-electron chi connectivity index (χ4n) is 3.12.